The molecule has 0 fully saturated rings. The highest BCUT2D eigenvalue weighted by atomic mass is 32.2. The van der Waals surface area contributed by atoms with Gasteiger partial charge in [0.2, 0.25) is 15.9 Å². The van der Waals surface area contributed by atoms with E-state index in [-0.39, 0.29) is 29.1 Å². The van der Waals surface area contributed by atoms with Crippen molar-refractivity contribution < 1.29 is 17.9 Å². The molecule has 0 aliphatic rings. The van der Waals surface area contributed by atoms with Crippen molar-refractivity contribution in [1.82, 2.24) is 9.62 Å². The molecule has 6 nitrogen and oxygen atoms in total. The Morgan fingerprint density at radius 1 is 1.18 bits per heavy atom. The number of methoxy groups -OCH3 is 1. The molecular weight excluding hydrogens is 376 g/mol. The lowest BCUT2D eigenvalue weighted by Gasteiger charge is -2.20. The monoisotopic (exact) mass is 404 g/mol. The zero-order valence-electron chi connectivity index (χ0n) is 16.8. The molecule has 0 aromatic heterocycles. The summed E-state index contributed by atoms with van der Waals surface area (Å²) in [6, 6.07) is 14.9. The normalized spacial score (nSPS) is 12.6. The molecule has 0 bridgehead atoms. The second-order valence-electron chi connectivity index (χ2n) is 6.91. The molecule has 152 valence electrons. The summed E-state index contributed by atoms with van der Waals surface area (Å²) >= 11 is 0. The van der Waals surface area contributed by atoms with Crippen LogP contribution in [-0.2, 0) is 21.2 Å². The molecule has 0 heterocycles. The molecule has 28 heavy (non-hydrogen) atoms. The molecule has 0 saturated heterocycles. The Bertz CT molecular complexity index is 898. The van der Waals surface area contributed by atoms with E-state index in [1.807, 2.05) is 37.3 Å². The molecule has 0 unspecified atom stereocenters. The summed E-state index contributed by atoms with van der Waals surface area (Å²) < 4.78 is 31.9. The minimum absolute atomic E-state index is 0.0578. The molecule has 7 heteroatoms. The van der Waals surface area contributed by atoms with E-state index in [4.69, 9.17) is 4.74 Å². The number of nitrogens with one attached hydrogen (secondary N) is 1. The highest BCUT2D eigenvalue weighted by molar-refractivity contribution is 7.89. The maximum Gasteiger partial charge on any atom is 0.246 e. The number of amides is 1. The molecule has 0 saturated carbocycles. The summed E-state index contributed by atoms with van der Waals surface area (Å²) in [5.74, 6) is -0.0765. The first-order valence-corrected chi connectivity index (χ1v) is 10.6. The Morgan fingerprint density at radius 3 is 2.50 bits per heavy atom. The highest BCUT2D eigenvalue weighted by Gasteiger charge is 2.26. The lowest BCUT2D eigenvalue weighted by atomic mass is 10.1. The summed E-state index contributed by atoms with van der Waals surface area (Å²) in [5, 5.41) is 2.87. The summed E-state index contributed by atoms with van der Waals surface area (Å²) in [7, 11) is -1.03. The number of ether oxygens (including phenoxy) is 1. The van der Waals surface area contributed by atoms with Crippen LogP contribution in [0.2, 0.25) is 0 Å². The number of carbonyl (C=O) groups is 1. The Labute approximate surface area is 167 Å². The van der Waals surface area contributed by atoms with Crippen LogP contribution in [0.3, 0.4) is 0 Å². The largest absolute Gasteiger partial charge is 0.495 e. The van der Waals surface area contributed by atoms with Crippen molar-refractivity contribution in [1.29, 1.82) is 0 Å². The van der Waals surface area contributed by atoms with Gasteiger partial charge in [-0.1, -0.05) is 36.4 Å². The Kier molecular flexibility index (Phi) is 7.60. The van der Waals surface area contributed by atoms with Crippen LogP contribution < -0.4 is 10.1 Å². The van der Waals surface area contributed by atoms with Crippen molar-refractivity contribution in [3.8, 4) is 5.75 Å². The van der Waals surface area contributed by atoms with Crippen LogP contribution in [0.4, 0.5) is 0 Å². The number of carbonyl (C=O) groups excluding carboxylic acids is 1. The van der Waals surface area contributed by atoms with Crippen molar-refractivity contribution in [3.63, 3.8) is 0 Å². The summed E-state index contributed by atoms with van der Waals surface area (Å²) in [4.78, 5) is 12.4. The third kappa shape index (κ3) is 5.81. The fourth-order valence-corrected chi connectivity index (χ4v) is 4.22. The minimum Gasteiger partial charge on any atom is -0.495 e. The van der Waals surface area contributed by atoms with E-state index < -0.39 is 10.0 Å². The molecule has 0 spiro atoms. The van der Waals surface area contributed by atoms with Gasteiger partial charge in [-0.15, -0.1) is 0 Å². The van der Waals surface area contributed by atoms with Crippen LogP contribution in [-0.4, -0.2) is 45.4 Å². The quantitative estimate of drug-likeness (QED) is 0.697. The molecule has 2 aromatic carbocycles. The number of likely N-dealkylation sites (N-methyl/N-ethyl adjacent to an activating group) is 1. The van der Waals surface area contributed by atoms with E-state index in [1.165, 1.54) is 19.7 Å². The Morgan fingerprint density at radius 2 is 1.86 bits per heavy atom. The molecule has 0 radical (unpaired) electrons. The van der Waals surface area contributed by atoms with Crippen molar-refractivity contribution in [2.45, 2.75) is 37.6 Å². The van der Waals surface area contributed by atoms with Crippen molar-refractivity contribution >= 4 is 15.9 Å². The van der Waals surface area contributed by atoms with Crippen LogP contribution in [0.5, 0.6) is 5.75 Å². The van der Waals surface area contributed by atoms with E-state index >= 15 is 0 Å². The van der Waals surface area contributed by atoms with Crippen LogP contribution in [0.15, 0.2) is 53.4 Å². The van der Waals surface area contributed by atoms with Crippen LogP contribution >= 0.6 is 0 Å². The zero-order valence-corrected chi connectivity index (χ0v) is 17.6. The average Bonchev–Trinajstić information content (AvgIpc) is 2.67. The molecule has 2 aromatic rings. The van der Waals surface area contributed by atoms with Gasteiger partial charge in [-0.3, -0.25) is 4.79 Å². The minimum atomic E-state index is -3.84. The standard InChI is InChI=1S/C21H28N2O4S/c1-16-10-13-19(27-4)20(14-16)28(25,26)23(3)15-21(24)22-17(2)11-12-18-8-6-5-7-9-18/h5-10,13-14,17H,11-12,15H2,1-4H3,(H,22,24)/t17-/m0/s1. The molecule has 1 N–H and O–H groups in total. The number of hydrogen-bond acceptors (Lipinski definition) is 4. The van der Waals surface area contributed by atoms with Crippen LogP contribution in [0, 0.1) is 6.92 Å². The second-order valence-corrected chi connectivity index (χ2v) is 8.92. The molecule has 0 aliphatic carbocycles. The number of nitrogens with zero attached hydrogens (tertiary/aromatic N) is 1. The van der Waals surface area contributed by atoms with Gasteiger partial charge in [0, 0.05) is 13.1 Å². The summed E-state index contributed by atoms with van der Waals surface area (Å²) in [6.45, 7) is 3.47. The Balaban J connectivity index is 1.96. The maximum absolute atomic E-state index is 12.9. The second kappa shape index (κ2) is 9.71. The van der Waals surface area contributed by atoms with E-state index in [1.54, 1.807) is 25.1 Å². The fourth-order valence-electron chi connectivity index (χ4n) is 2.86. The summed E-state index contributed by atoms with van der Waals surface area (Å²) in [5.41, 5.74) is 2.00. The first-order valence-electron chi connectivity index (χ1n) is 9.18. The first kappa shape index (κ1) is 21.9. The fraction of sp³-hybridized carbons (Fsp3) is 0.381. The maximum atomic E-state index is 12.9. The van der Waals surface area contributed by atoms with Crippen molar-refractivity contribution in [3.05, 3.63) is 59.7 Å². The van der Waals surface area contributed by atoms with E-state index in [0.717, 1.165) is 22.7 Å². The highest BCUT2D eigenvalue weighted by Crippen LogP contribution is 2.27. The predicted molar refractivity (Wildman–Crippen MR) is 110 cm³/mol. The molecule has 2 rings (SSSR count). The molecule has 1 atom stereocenters. The average molecular weight is 405 g/mol. The van der Waals surface area contributed by atoms with Gasteiger partial charge in [0.05, 0.1) is 13.7 Å². The number of rotatable bonds is 9. The van der Waals surface area contributed by atoms with Crippen LogP contribution in [0.25, 0.3) is 0 Å². The van der Waals surface area contributed by atoms with Gasteiger partial charge >= 0.3 is 0 Å². The molecule has 0 aliphatic heterocycles. The van der Waals surface area contributed by atoms with E-state index in [2.05, 4.69) is 5.32 Å². The van der Waals surface area contributed by atoms with E-state index in [0.29, 0.717) is 0 Å². The zero-order chi connectivity index (χ0) is 20.7. The van der Waals surface area contributed by atoms with E-state index in [9.17, 15) is 13.2 Å². The number of sulfonamides is 1. The van der Waals surface area contributed by atoms with Crippen LogP contribution in [0.1, 0.15) is 24.5 Å². The molecule has 1 amide bonds. The van der Waals surface area contributed by atoms with Gasteiger partial charge in [0.25, 0.3) is 0 Å². The van der Waals surface area contributed by atoms with Gasteiger partial charge < -0.3 is 10.1 Å². The van der Waals surface area contributed by atoms with Gasteiger partial charge in [0.15, 0.2) is 0 Å². The first-order chi connectivity index (χ1) is 13.2. The number of aryl methyl sites for hydroxylation is 2. The number of hydrogen-bond donors (Lipinski definition) is 1. The predicted octanol–water partition coefficient (Wildman–Crippen LogP) is 2.76. The van der Waals surface area contributed by atoms with Gasteiger partial charge in [-0.05, 0) is 49.9 Å². The topological polar surface area (TPSA) is 75.7 Å². The van der Waals surface area contributed by atoms with Gasteiger partial charge in [0.1, 0.15) is 10.6 Å². The summed E-state index contributed by atoms with van der Waals surface area (Å²) in [6.07, 6.45) is 1.62. The third-order valence-corrected chi connectivity index (χ3v) is 6.31. The van der Waals surface area contributed by atoms with Crippen molar-refractivity contribution in [2.75, 3.05) is 20.7 Å². The Hall–Kier alpha value is -2.38. The van der Waals surface area contributed by atoms with Gasteiger partial charge in [-0.2, -0.15) is 4.31 Å². The van der Waals surface area contributed by atoms with Gasteiger partial charge in [-0.25, -0.2) is 8.42 Å². The lowest BCUT2D eigenvalue weighted by Crippen LogP contribution is -2.42. The SMILES string of the molecule is COc1ccc(C)cc1S(=O)(=O)N(C)CC(=O)N[C@@H](C)CCc1ccccc1. The molecular formula is C21H28N2O4S. The number of benzene rings is 2. The lowest BCUT2D eigenvalue weighted by molar-refractivity contribution is -0.121. The third-order valence-electron chi connectivity index (χ3n) is 4.49. The van der Waals surface area contributed by atoms with Crippen molar-refractivity contribution in [2.24, 2.45) is 0 Å². The smallest absolute Gasteiger partial charge is 0.246 e.